The summed E-state index contributed by atoms with van der Waals surface area (Å²) < 4.78 is 0. The minimum atomic E-state index is 0. The number of rotatable bonds is 0. The minimum Gasteiger partial charge on any atom is -0.456 e. The van der Waals surface area contributed by atoms with E-state index in [1.807, 2.05) is 6.92 Å². The maximum Gasteiger partial charge on any atom is 0 e. The molecule has 2 nitrogen and oxygen atoms in total. The van der Waals surface area contributed by atoms with Gasteiger partial charge in [-0.2, -0.15) is 0 Å². The molecule has 1 aromatic heterocycles. The van der Waals surface area contributed by atoms with Crippen molar-refractivity contribution in [2.45, 2.75) is 6.92 Å². The van der Waals surface area contributed by atoms with Crippen LogP contribution in [0.4, 0.5) is 0 Å². The van der Waals surface area contributed by atoms with Gasteiger partial charge in [0.2, 0.25) is 0 Å². The zero-order valence-corrected chi connectivity index (χ0v) is 7.69. The summed E-state index contributed by atoms with van der Waals surface area (Å²) in [5, 5.41) is 0. The molecular weight excluding hydrogens is 228 g/mol. The van der Waals surface area contributed by atoms with Gasteiger partial charge in [-0.1, -0.05) is 0 Å². The van der Waals surface area contributed by atoms with E-state index in [0.29, 0.717) is 0 Å². The minimum absolute atomic E-state index is 0. The van der Waals surface area contributed by atoms with E-state index in [1.54, 1.807) is 12.4 Å². The summed E-state index contributed by atoms with van der Waals surface area (Å²) in [6.45, 7) is 1.89. The number of aromatic nitrogens is 2. The van der Waals surface area contributed by atoms with Crippen molar-refractivity contribution in [3.63, 3.8) is 0 Å². The maximum atomic E-state index is 3.86. The van der Waals surface area contributed by atoms with Crippen molar-refractivity contribution in [2.75, 3.05) is 0 Å². The van der Waals surface area contributed by atoms with Crippen molar-refractivity contribution >= 4 is 0 Å². The van der Waals surface area contributed by atoms with E-state index in [0.717, 1.165) is 5.69 Å². The van der Waals surface area contributed by atoms with Gasteiger partial charge in [-0.25, -0.2) is 0 Å². The van der Waals surface area contributed by atoms with E-state index < -0.39 is 0 Å². The molecule has 0 amide bonds. The van der Waals surface area contributed by atoms with E-state index in [9.17, 15) is 0 Å². The predicted molar refractivity (Wildman–Crippen MR) is 25.6 cm³/mol. The largest absolute Gasteiger partial charge is 0.456 e. The molecule has 40 valence electrons. The van der Waals surface area contributed by atoms with E-state index in [-0.39, 0.29) is 41.7 Å². The molecule has 0 aliphatic carbocycles. The molecular formula is C5H5CeN2-. The molecule has 0 N–H and O–H groups in total. The third kappa shape index (κ3) is 2.69. The summed E-state index contributed by atoms with van der Waals surface area (Å²) in [6.07, 6.45) is 5.79. The van der Waals surface area contributed by atoms with Crippen molar-refractivity contribution in [2.24, 2.45) is 0 Å². The van der Waals surface area contributed by atoms with Crippen molar-refractivity contribution in [3.8, 4) is 0 Å². The Morgan fingerprint density at radius 3 is 2.62 bits per heavy atom. The molecule has 0 radical (unpaired) electrons. The molecule has 0 bridgehead atoms. The number of aryl methyl sites for hydroxylation is 1. The van der Waals surface area contributed by atoms with Gasteiger partial charge in [0.25, 0.3) is 0 Å². The van der Waals surface area contributed by atoms with Crippen LogP contribution in [0.15, 0.2) is 12.4 Å². The fourth-order valence-electron chi connectivity index (χ4n) is 0.328. The van der Waals surface area contributed by atoms with Crippen molar-refractivity contribution in [1.82, 2.24) is 9.97 Å². The van der Waals surface area contributed by atoms with Gasteiger partial charge >= 0.3 is 0 Å². The van der Waals surface area contributed by atoms with E-state index in [4.69, 9.17) is 0 Å². The van der Waals surface area contributed by atoms with E-state index in [1.165, 1.54) is 0 Å². The molecule has 0 unspecified atom stereocenters. The number of nitrogens with zero attached hydrogens (tertiary/aromatic N) is 2. The van der Waals surface area contributed by atoms with Gasteiger partial charge in [0, 0.05) is 41.7 Å². The number of hydrogen-bond donors (Lipinski definition) is 0. The molecule has 0 aliphatic heterocycles. The molecule has 3 heteroatoms. The van der Waals surface area contributed by atoms with Gasteiger partial charge in [0.1, 0.15) is 0 Å². The second-order valence-corrected chi connectivity index (χ2v) is 1.29. The summed E-state index contributed by atoms with van der Waals surface area (Å²) >= 11 is 0. The molecule has 1 aromatic rings. The molecule has 1 heterocycles. The van der Waals surface area contributed by atoms with Gasteiger partial charge in [0.15, 0.2) is 0 Å². The first-order valence-corrected chi connectivity index (χ1v) is 2.04. The van der Waals surface area contributed by atoms with E-state index >= 15 is 0 Å². The van der Waals surface area contributed by atoms with Gasteiger partial charge in [-0.3, -0.25) is 4.98 Å². The molecule has 0 atom stereocenters. The monoisotopic (exact) mass is 233 g/mol. The smallest absolute Gasteiger partial charge is 0 e. The molecule has 8 heavy (non-hydrogen) atoms. The first-order chi connectivity index (χ1) is 3.39. The fourth-order valence-corrected chi connectivity index (χ4v) is 0.328. The first-order valence-electron chi connectivity index (χ1n) is 2.04. The van der Waals surface area contributed by atoms with Crippen LogP contribution >= 0.6 is 0 Å². The SMILES string of the molecule is Cc1cn[c-]cn1.[Ce]. The predicted octanol–water partition coefficient (Wildman–Crippen LogP) is 0.585. The van der Waals surface area contributed by atoms with Gasteiger partial charge in [0.05, 0.1) is 0 Å². The van der Waals surface area contributed by atoms with Gasteiger partial charge < -0.3 is 4.98 Å². The molecule has 0 aliphatic rings. The van der Waals surface area contributed by atoms with Crippen LogP contribution in [0.2, 0.25) is 0 Å². The Morgan fingerprint density at radius 2 is 2.38 bits per heavy atom. The van der Waals surface area contributed by atoms with Crippen molar-refractivity contribution in [3.05, 3.63) is 24.3 Å². The third-order valence-electron chi connectivity index (χ3n) is 0.652. The Labute approximate surface area is 82.1 Å². The first kappa shape index (κ1) is 8.46. The summed E-state index contributed by atoms with van der Waals surface area (Å²) in [5.74, 6) is 0. The Kier molecular flexibility index (Phi) is 4.59. The van der Waals surface area contributed by atoms with Crippen molar-refractivity contribution in [1.29, 1.82) is 0 Å². The quantitative estimate of drug-likeness (QED) is 0.613. The van der Waals surface area contributed by atoms with E-state index in [2.05, 4.69) is 16.2 Å². The zero-order chi connectivity index (χ0) is 5.11. The molecule has 0 aromatic carbocycles. The van der Waals surface area contributed by atoms with Crippen LogP contribution in [0.1, 0.15) is 5.69 Å². The van der Waals surface area contributed by atoms with Crippen LogP contribution in [0.5, 0.6) is 0 Å². The summed E-state index contributed by atoms with van der Waals surface area (Å²) in [6, 6.07) is 0. The summed E-state index contributed by atoms with van der Waals surface area (Å²) in [5.41, 5.74) is 0.929. The van der Waals surface area contributed by atoms with Crippen molar-refractivity contribution < 1.29 is 41.7 Å². The average molecular weight is 233 g/mol. The molecule has 0 spiro atoms. The Hall–Kier alpha value is 0.457. The van der Waals surface area contributed by atoms with Crippen LogP contribution in [0, 0.1) is 54.9 Å². The molecule has 0 fully saturated rings. The standard InChI is InChI=1S/C5H5N2.Ce/c1-5-4-6-2-3-7-5;/h3-4H,1H3;/q-1;. The van der Waals surface area contributed by atoms with Crippen LogP contribution < -0.4 is 0 Å². The third-order valence-corrected chi connectivity index (χ3v) is 0.652. The Bertz CT molecular complexity index is 140. The molecule has 0 saturated heterocycles. The van der Waals surface area contributed by atoms with Crippen LogP contribution in [0.3, 0.4) is 0 Å². The summed E-state index contributed by atoms with van der Waals surface area (Å²) in [4.78, 5) is 7.56. The average Bonchev–Trinajstić information content (AvgIpc) is 1.69. The van der Waals surface area contributed by atoms with Gasteiger partial charge in [-0.05, 0) is 18.8 Å². The number of hydrogen-bond acceptors (Lipinski definition) is 2. The normalized spacial score (nSPS) is 7.62. The fraction of sp³-hybridized carbons (Fsp3) is 0.200. The Morgan fingerprint density at radius 1 is 1.62 bits per heavy atom. The second kappa shape index (κ2) is 4.35. The van der Waals surface area contributed by atoms with Crippen LogP contribution in [-0.2, 0) is 0 Å². The van der Waals surface area contributed by atoms with Crippen LogP contribution in [0.25, 0.3) is 0 Å². The molecule has 1 rings (SSSR count). The summed E-state index contributed by atoms with van der Waals surface area (Å²) in [7, 11) is 0. The topological polar surface area (TPSA) is 25.8 Å². The zero-order valence-electron chi connectivity index (χ0n) is 4.55. The second-order valence-electron chi connectivity index (χ2n) is 1.29. The Balaban J connectivity index is 0.000000490. The van der Waals surface area contributed by atoms with Crippen LogP contribution in [-0.4, -0.2) is 9.97 Å². The van der Waals surface area contributed by atoms with Gasteiger partial charge in [-0.15, -0.1) is 12.4 Å². The maximum absolute atomic E-state index is 3.86. The molecule has 0 saturated carbocycles.